The summed E-state index contributed by atoms with van der Waals surface area (Å²) in [6.07, 6.45) is 5.64. The fraction of sp³-hybridized carbons (Fsp3) is 0.562. The SMILES string of the molecule is CCC1CCCCN1C(=O)C1Cc2ccccc2S1. The van der Waals surface area contributed by atoms with Crippen molar-refractivity contribution in [2.24, 2.45) is 0 Å². The molecular formula is C16H21NOS. The third-order valence-electron chi connectivity index (χ3n) is 4.30. The monoisotopic (exact) mass is 275 g/mol. The minimum Gasteiger partial charge on any atom is -0.339 e. The van der Waals surface area contributed by atoms with Crippen molar-refractivity contribution in [3.8, 4) is 0 Å². The van der Waals surface area contributed by atoms with Gasteiger partial charge in [-0.3, -0.25) is 4.79 Å². The van der Waals surface area contributed by atoms with Crippen LogP contribution in [-0.2, 0) is 11.2 Å². The van der Waals surface area contributed by atoms with Crippen LogP contribution in [0.5, 0.6) is 0 Å². The van der Waals surface area contributed by atoms with Crippen molar-refractivity contribution in [1.82, 2.24) is 4.90 Å². The predicted molar refractivity (Wildman–Crippen MR) is 79.4 cm³/mol. The van der Waals surface area contributed by atoms with Gasteiger partial charge in [-0.2, -0.15) is 0 Å². The van der Waals surface area contributed by atoms with Gasteiger partial charge in [-0.15, -0.1) is 11.8 Å². The van der Waals surface area contributed by atoms with Crippen molar-refractivity contribution in [2.45, 2.75) is 55.2 Å². The second-order valence-corrected chi connectivity index (χ2v) is 6.75. The Morgan fingerprint density at radius 2 is 2.21 bits per heavy atom. The first kappa shape index (κ1) is 13.0. The van der Waals surface area contributed by atoms with E-state index in [1.165, 1.54) is 29.7 Å². The Balaban J connectivity index is 1.72. The van der Waals surface area contributed by atoms with Gasteiger partial charge in [0.2, 0.25) is 5.91 Å². The lowest BCUT2D eigenvalue weighted by Gasteiger charge is -2.36. The number of hydrogen-bond donors (Lipinski definition) is 0. The number of likely N-dealkylation sites (tertiary alicyclic amines) is 1. The number of carbonyl (C=O) groups is 1. The lowest BCUT2D eigenvalue weighted by atomic mass is 9.99. The van der Waals surface area contributed by atoms with E-state index < -0.39 is 0 Å². The normalized spacial score (nSPS) is 26.3. The van der Waals surface area contributed by atoms with Crippen LogP contribution >= 0.6 is 11.8 Å². The third-order valence-corrected chi connectivity index (χ3v) is 5.61. The molecule has 2 heterocycles. The number of thioether (sulfide) groups is 1. The van der Waals surface area contributed by atoms with E-state index in [-0.39, 0.29) is 5.25 Å². The average Bonchev–Trinajstić information content (AvgIpc) is 2.90. The maximum absolute atomic E-state index is 12.7. The smallest absolute Gasteiger partial charge is 0.236 e. The van der Waals surface area contributed by atoms with E-state index in [0.717, 1.165) is 19.4 Å². The number of benzene rings is 1. The van der Waals surface area contributed by atoms with Gasteiger partial charge < -0.3 is 4.90 Å². The van der Waals surface area contributed by atoms with Crippen LogP contribution in [0.15, 0.2) is 29.2 Å². The van der Waals surface area contributed by atoms with Gasteiger partial charge in [0.05, 0.1) is 5.25 Å². The van der Waals surface area contributed by atoms with Gasteiger partial charge in [0.25, 0.3) is 0 Å². The maximum atomic E-state index is 12.7. The zero-order chi connectivity index (χ0) is 13.2. The first-order valence-electron chi connectivity index (χ1n) is 7.34. The molecule has 1 amide bonds. The number of amides is 1. The fourth-order valence-electron chi connectivity index (χ4n) is 3.22. The van der Waals surface area contributed by atoms with Crippen LogP contribution in [0.2, 0.25) is 0 Å². The molecule has 0 spiro atoms. The molecular weight excluding hydrogens is 254 g/mol. The Hall–Kier alpha value is -0.960. The molecule has 0 bridgehead atoms. The van der Waals surface area contributed by atoms with Gasteiger partial charge in [0.1, 0.15) is 0 Å². The molecule has 2 unspecified atom stereocenters. The number of carbonyl (C=O) groups excluding carboxylic acids is 1. The van der Waals surface area contributed by atoms with Crippen LogP contribution in [0.25, 0.3) is 0 Å². The summed E-state index contributed by atoms with van der Waals surface area (Å²) in [5, 5.41) is 0.115. The highest BCUT2D eigenvalue weighted by Gasteiger charge is 2.34. The summed E-state index contributed by atoms with van der Waals surface area (Å²) in [6, 6.07) is 8.91. The van der Waals surface area contributed by atoms with Crippen molar-refractivity contribution in [2.75, 3.05) is 6.54 Å². The maximum Gasteiger partial charge on any atom is 0.236 e. The molecule has 2 nitrogen and oxygen atoms in total. The van der Waals surface area contributed by atoms with E-state index in [1.54, 1.807) is 11.8 Å². The zero-order valence-corrected chi connectivity index (χ0v) is 12.3. The molecule has 1 fully saturated rings. The number of piperidine rings is 1. The van der Waals surface area contributed by atoms with Gasteiger partial charge in [0.15, 0.2) is 0 Å². The van der Waals surface area contributed by atoms with E-state index in [9.17, 15) is 4.79 Å². The largest absolute Gasteiger partial charge is 0.339 e. The summed E-state index contributed by atoms with van der Waals surface area (Å²) in [5.74, 6) is 0.368. The summed E-state index contributed by atoms with van der Waals surface area (Å²) in [7, 11) is 0. The summed E-state index contributed by atoms with van der Waals surface area (Å²) in [4.78, 5) is 16.2. The van der Waals surface area contributed by atoms with Crippen LogP contribution in [0.1, 0.15) is 38.2 Å². The fourth-order valence-corrected chi connectivity index (χ4v) is 4.49. The van der Waals surface area contributed by atoms with Crippen LogP contribution in [-0.4, -0.2) is 28.6 Å². The van der Waals surface area contributed by atoms with Gasteiger partial charge in [-0.1, -0.05) is 25.1 Å². The van der Waals surface area contributed by atoms with Crippen LogP contribution in [0.4, 0.5) is 0 Å². The van der Waals surface area contributed by atoms with E-state index in [1.807, 2.05) is 0 Å². The molecule has 0 aliphatic carbocycles. The summed E-state index contributed by atoms with van der Waals surface area (Å²) in [6.45, 7) is 3.16. The van der Waals surface area contributed by atoms with E-state index in [0.29, 0.717) is 11.9 Å². The second kappa shape index (κ2) is 5.58. The van der Waals surface area contributed by atoms with Crippen molar-refractivity contribution < 1.29 is 4.79 Å². The summed E-state index contributed by atoms with van der Waals surface area (Å²) < 4.78 is 0. The van der Waals surface area contributed by atoms with Crippen LogP contribution in [0, 0.1) is 0 Å². The molecule has 102 valence electrons. The van der Waals surface area contributed by atoms with Gasteiger partial charge in [-0.05, 0) is 43.7 Å². The highest BCUT2D eigenvalue weighted by molar-refractivity contribution is 8.01. The van der Waals surface area contributed by atoms with Crippen molar-refractivity contribution in [1.29, 1.82) is 0 Å². The molecule has 1 aromatic carbocycles. The second-order valence-electron chi connectivity index (χ2n) is 5.51. The molecule has 3 rings (SSSR count). The number of rotatable bonds is 2. The first-order chi connectivity index (χ1) is 9.29. The predicted octanol–water partition coefficient (Wildman–Crippen LogP) is 3.49. The summed E-state index contributed by atoms with van der Waals surface area (Å²) in [5.41, 5.74) is 1.34. The Kier molecular flexibility index (Phi) is 3.83. The third kappa shape index (κ3) is 2.53. The standard InChI is InChI=1S/C16H21NOS/c1-2-13-8-5-6-10-17(13)16(18)15-11-12-7-3-4-9-14(12)19-15/h3-4,7,9,13,15H,2,5-6,8,10-11H2,1H3. The van der Waals surface area contributed by atoms with E-state index in [4.69, 9.17) is 0 Å². The Labute approximate surface area is 119 Å². The Morgan fingerprint density at radius 3 is 3.00 bits per heavy atom. The Bertz CT molecular complexity index is 449. The number of hydrogen-bond acceptors (Lipinski definition) is 2. The van der Waals surface area contributed by atoms with Crippen molar-refractivity contribution >= 4 is 17.7 Å². The summed E-state index contributed by atoms with van der Waals surface area (Å²) >= 11 is 1.76. The molecule has 0 saturated carbocycles. The molecule has 0 N–H and O–H groups in total. The quantitative estimate of drug-likeness (QED) is 0.823. The molecule has 19 heavy (non-hydrogen) atoms. The van der Waals surface area contributed by atoms with Gasteiger partial charge in [0, 0.05) is 17.5 Å². The highest BCUT2D eigenvalue weighted by Crippen LogP contribution is 2.38. The molecule has 1 aromatic rings. The van der Waals surface area contributed by atoms with E-state index in [2.05, 4.69) is 36.1 Å². The van der Waals surface area contributed by atoms with Crippen molar-refractivity contribution in [3.63, 3.8) is 0 Å². The van der Waals surface area contributed by atoms with Crippen molar-refractivity contribution in [3.05, 3.63) is 29.8 Å². The van der Waals surface area contributed by atoms with Gasteiger partial charge >= 0.3 is 0 Å². The zero-order valence-electron chi connectivity index (χ0n) is 11.5. The van der Waals surface area contributed by atoms with Gasteiger partial charge in [-0.25, -0.2) is 0 Å². The molecule has 2 aliphatic rings. The van der Waals surface area contributed by atoms with E-state index >= 15 is 0 Å². The molecule has 1 saturated heterocycles. The molecule has 0 aromatic heterocycles. The lowest BCUT2D eigenvalue weighted by molar-refractivity contribution is -0.134. The van der Waals surface area contributed by atoms with Crippen LogP contribution in [0.3, 0.4) is 0 Å². The molecule has 2 aliphatic heterocycles. The average molecular weight is 275 g/mol. The topological polar surface area (TPSA) is 20.3 Å². The highest BCUT2D eigenvalue weighted by atomic mass is 32.2. The molecule has 3 heteroatoms. The first-order valence-corrected chi connectivity index (χ1v) is 8.22. The van der Waals surface area contributed by atoms with Crippen LogP contribution < -0.4 is 0 Å². The minimum absolute atomic E-state index is 0.115. The molecule has 0 radical (unpaired) electrons. The lowest BCUT2D eigenvalue weighted by Crippen LogP contribution is -2.47. The minimum atomic E-state index is 0.115. The Morgan fingerprint density at radius 1 is 1.37 bits per heavy atom. The number of nitrogens with zero attached hydrogens (tertiary/aromatic N) is 1. The molecule has 2 atom stereocenters. The number of fused-ring (bicyclic) bond motifs is 1.